The summed E-state index contributed by atoms with van der Waals surface area (Å²) in [5.41, 5.74) is 2.30. The van der Waals surface area contributed by atoms with E-state index in [0.717, 1.165) is 36.5 Å². The number of allylic oxidation sites excluding steroid dienone is 5. The topological polar surface area (TPSA) is 61.1 Å². The average Bonchev–Trinajstić information content (AvgIpc) is 2.75. The van der Waals surface area contributed by atoms with Gasteiger partial charge in [-0.3, -0.25) is 15.0 Å². The number of terminal acetylenes is 1. The van der Waals surface area contributed by atoms with E-state index in [0.29, 0.717) is 12.5 Å². The van der Waals surface area contributed by atoms with Crippen molar-refractivity contribution in [2.24, 2.45) is 15.0 Å². The summed E-state index contributed by atoms with van der Waals surface area (Å²) in [6.45, 7) is 10.1. The van der Waals surface area contributed by atoms with E-state index in [1.54, 1.807) is 19.4 Å². The van der Waals surface area contributed by atoms with Gasteiger partial charge in [-0.1, -0.05) is 56.5 Å². The number of rotatable bonds is 4. The van der Waals surface area contributed by atoms with Crippen molar-refractivity contribution in [3.05, 3.63) is 59.8 Å². The summed E-state index contributed by atoms with van der Waals surface area (Å²) in [5, 5.41) is 9.06. The van der Waals surface area contributed by atoms with Crippen LogP contribution in [0.4, 0.5) is 0 Å². The Morgan fingerprint density at radius 3 is 2.73 bits per heavy atom. The van der Waals surface area contributed by atoms with E-state index in [4.69, 9.17) is 0 Å². The molecule has 1 heterocycles. The van der Waals surface area contributed by atoms with Gasteiger partial charge in [0.1, 0.15) is 0 Å². The van der Waals surface area contributed by atoms with Gasteiger partial charge in [0.25, 0.3) is 0 Å². The van der Waals surface area contributed by atoms with Gasteiger partial charge in [-0.25, -0.2) is 0 Å². The second kappa shape index (κ2) is 19.5. The first-order valence-corrected chi connectivity index (χ1v) is 11.0. The molecule has 0 bridgehead atoms. The molecule has 162 valence electrons. The lowest BCUT2D eigenvalue weighted by atomic mass is 10.1. The third-order valence-corrected chi connectivity index (χ3v) is 4.14. The minimum absolute atomic E-state index is 0.628. The van der Waals surface area contributed by atoms with E-state index in [9.17, 15) is 0 Å². The van der Waals surface area contributed by atoms with E-state index < -0.39 is 0 Å². The van der Waals surface area contributed by atoms with E-state index in [1.807, 2.05) is 32.3 Å². The molecule has 0 saturated carbocycles. The third-order valence-electron chi connectivity index (χ3n) is 3.52. The highest BCUT2D eigenvalue weighted by Gasteiger charge is 2.06. The van der Waals surface area contributed by atoms with Gasteiger partial charge in [0.15, 0.2) is 5.17 Å². The maximum atomic E-state index is 4.68. The van der Waals surface area contributed by atoms with Crippen molar-refractivity contribution in [1.29, 1.82) is 0 Å². The maximum absolute atomic E-state index is 4.68. The first-order chi connectivity index (χ1) is 14.7. The number of nitrogens with zero attached hydrogens (tertiary/aromatic N) is 3. The Hall–Kier alpha value is -2.78. The summed E-state index contributed by atoms with van der Waals surface area (Å²) >= 11 is 1.45. The standard InChI is InChI=1S/C19H25N5S.C3H4.C2H6/c1-3-25-19(22-15-16-9-7-8-13-21-14-12-16)24-18(20-2)23-17-10-5-4-6-11-17;1-3-2;1-2/h3,5,8-11,13-14H,1,4,6-7,12,15H2,2H3,(H2,20,22,23,24);1H,2H3;1-2H3/b13-8?,16-9+,21-14?;;. The zero-order valence-corrected chi connectivity index (χ0v) is 19.5. The number of thioether (sulfide) groups is 1. The number of amidine groups is 1. The van der Waals surface area contributed by atoms with Crippen LogP contribution >= 0.6 is 11.8 Å². The summed E-state index contributed by atoms with van der Waals surface area (Å²) in [6.07, 6.45) is 22.8. The fourth-order valence-corrected chi connectivity index (χ4v) is 2.70. The Balaban J connectivity index is 0.00000154. The molecule has 0 fully saturated rings. The minimum Gasteiger partial charge on any atom is -0.326 e. The molecule has 5 nitrogen and oxygen atoms in total. The van der Waals surface area contributed by atoms with Crippen molar-refractivity contribution in [3.63, 3.8) is 0 Å². The molecule has 0 aromatic heterocycles. The molecule has 2 aliphatic rings. The van der Waals surface area contributed by atoms with E-state index in [1.165, 1.54) is 17.3 Å². The zero-order chi connectivity index (χ0) is 22.5. The van der Waals surface area contributed by atoms with E-state index in [-0.39, 0.29) is 0 Å². The number of hydrogen-bond donors (Lipinski definition) is 2. The highest BCUT2D eigenvalue weighted by atomic mass is 32.2. The van der Waals surface area contributed by atoms with Crippen molar-refractivity contribution in [3.8, 4) is 12.3 Å². The summed E-state index contributed by atoms with van der Waals surface area (Å²) in [4.78, 5) is 13.1. The van der Waals surface area contributed by atoms with Crippen LogP contribution in [0.2, 0.25) is 0 Å². The number of hydrogen-bond acceptors (Lipinski definition) is 4. The van der Waals surface area contributed by atoms with Crippen LogP contribution in [0.15, 0.2) is 74.8 Å². The summed E-state index contributed by atoms with van der Waals surface area (Å²) in [7, 11) is 1.75. The predicted octanol–water partition coefficient (Wildman–Crippen LogP) is 5.59. The van der Waals surface area contributed by atoms with Crippen LogP contribution in [0.5, 0.6) is 0 Å². The van der Waals surface area contributed by atoms with Gasteiger partial charge in [-0.15, -0.1) is 12.3 Å². The summed E-state index contributed by atoms with van der Waals surface area (Å²) in [6, 6.07) is 0. The molecule has 0 unspecified atom stereocenters. The van der Waals surface area contributed by atoms with E-state index in [2.05, 4.69) is 68.8 Å². The lowest BCUT2D eigenvalue weighted by Gasteiger charge is -2.15. The van der Waals surface area contributed by atoms with Gasteiger partial charge in [0.2, 0.25) is 5.96 Å². The Morgan fingerprint density at radius 2 is 2.10 bits per heavy atom. The van der Waals surface area contributed by atoms with Gasteiger partial charge in [0, 0.05) is 31.6 Å². The molecule has 1 aliphatic heterocycles. The van der Waals surface area contributed by atoms with Gasteiger partial charge < -0.3 is 10.6 Å². The second-order valence-corrected chi connectivity index (χ2v) is 6.63. The molecule has 30 heavy (non-hydrogen) atoms. The molecule has 0 amide bonds. The quantitative estimate of drug-likeness (QED) is 0.267. The van der Waals surface area contributed by atoms with Crippen molar-refractivity contribution < 1.29 is 0 Å². The Morgan fingerprint density at radius 1 is 1.33 bits per heavy atom. The van der Waals surface area contributed by atoms with Crippen molar-refractivity contribution >= 4 is 29.1 Å². The SMILES string of the molecule is C#CC.C=CSC(=NC/C1=C/CC=CN=CC1)NC(=NC)NC1=CCCC=C1.CC. The molecule has 0 atom stereocenters. The van der Waals surface area contributed by atoms with Crippen LogP contribution in [0.1, 0.15) is 46.5 Å². The second-order valence-electron chi connectivity index (χ2n) is 5.67. The van der Waals surface area contributed by atoms with Crippen LogP contribution in [-0.4, -0.2) is 30.9 Å². The van der Waals surface area contributed by atoms with Crippen LogP contribution in [0.25, 0.3) is 0 Å². The number of guanidine groups is 1. The molecule has 0 spiro atoms. The fraction of sp³-hybridized carbons (Fsp3) is 0.375. The lowest BCUT2D eigenvalue weighted by molar-refractivity contribution is 0.970. The molecule has 1 aliphatic carbocycles. The molecule has 6 heteroatoms. The monoisotopic (exact) mass is 425 g/mol. The van der Waals surface area contributed by atoms with Crippen molar-refractivity contribution in [2.75, 3.05) is 13.6 Å². The van der Waals surface area contributed by atoms with Crippen LogP contribution in [0, 0.1) is 12.3 Å². The lowest BCUT2D eigenvalue weighted by Crippen LogP contribution is -2.39. The molecule has 0 saturated heterocycles. The Bertz CT molecular complexity index is 746. The van der Waals surface area contributed by atoms with Crippen LogP contribution in [-0.2, 0) is 0 Å². The van der Waals surface area contributed by atoms with Crippen LogP contribution in [0.3, 0.4) is 0 Å². The van der Waals surface area contributed by atoms with Crippen molar-refractivity contribution in [1.82, 2.24) is 10.6 Å². The molecular weight excluding hydrogens is 390 g/mol. The smallest absolute Gasteiger partial charge is 0.201 e. The summed E-state index contributed by atoms with van der Waals surface area (Å²) < 4.78 is 0. The molecule has 0 aromatic rings. The van der Waals surface area contributed by atoms with Crippen LogP contribution < -0.4 is 10.6 Å². The molecule has 0 radical (unpaired) electrons. The molecule has 2 rings (SSSR count). The largest absolute Gasteiger partial charge is 0.326 e. The zero-order valence-electron chi connectivity index (χ0n) is 18.7. The fourth-order valence-electron chi connectivity index (χ4n) is 2.25. The first-order valence-electron chi connectivity index (χ1n) is 10.1. The molecule has 2 N–H and O–H groups in total. The van der Waals surface area contributed by atoms with Crippen molar-refractivity contribution in [2.45, 2.75) is 46.5 Å². The molecular formula is C24H35N5S. The van der Waals surface area contributed by atoms with Gasteiger partial charge in [0.05, 0.1) is 6.54 Å². The highest BCUT2D eigenvalue weighted by molar-refractivity contribution is 8.16. The number of aliphatic imine (C=N–C) groups is 3. The van der Waals surface area contributed by atoms with Gasteiger partial charge in [-0.05, 0) is 43.2 Å². The first kappa shape index (κ1) is 27.2. The van der Waals surface area contributed by atoms with Gasteiger partial charge >= 0.3 is 0 Å². The highest BCUT2D eigenvalue weighted by Crippen LogP contribution is 2.10. The minimum atomic E-state index is 0.628. The molecule has 0 aromatic carbocycles. The number of nitrogens with one attached hydrogen (secondary N) is 2. The Kier molecular flexibility index (Phi) is 17.7. The Labute approximate surface area is 187 Å². The predicted molar refractivity (Wildman–Crippen MR) is 137 cm³/mol. The average molecular weight is 426 g/mol. The maximum Gasteiger partial charge on any atom is 0.201 e. The third kappa shape index (κ3) is 13.4. The summed E-state index contributed by atoms with van der Waals surface area (Å²) in [5.74, 6) is 2.92. The van der Waals surface area contributed by atoms with Gasteiger partial charge in [-0.2, -0.15) is 0 Å². The van der Waals surface area contributed by atoms with E-state index >= 15 is 0 Å². The normalized spacial score (nSPS) is 17.3.